The molecule has 0 radical (unpaired) electrons. The second-order valence-corrected chi connectivity index (χ2v) is 6.58. The minimum Gasteiger partial charge on any atom is -0.380 e. The van der Waals surface area contributed by atoms with E-state index in [1.54, 1.807) is 0 Å². The van der Waals surface area contributed by atoms with Gasteiger partial charge in [-0.25, -0.2) is 4.98 Å². The molecule has 0 spiro atoms. The molecule has 2 heterocycles. The minimum absolute atomic E-state index is 0.0469. The Balaban J connectivity index is 2.10. The molecule has 0 saturated carbocycles. The average molecular weight is 287 g/mol. The summed E-state index contributed by atoms with van der Waals surface area (Å²) in [6.45, 7) is 7.31. The lowest BCUT2D eigenvalue weighted by Gasteiger charge is -2.18. The Kier molecular flexibility index (Phi) is 4.21. The van der Waals surface area contributed by atoms with Crippen LogP contribution in [-0.2, 0) is 19.0 Å². The maximum atomic E-state index is 4.59. The van der Waals surface area contributed by atoms with Gasteiger partial charge in [0.15, 0.2) is 0 Å². The van der Waals surface area contributed by atoms with Crippen LogP contribution in [0.2, 0.25) is 0 Å². The molecule has 5 heteroatoms. The molecule has 114 valence electrons. The van der Waals surface area contributed by atoms with Gasteiger partial charge in [0.25, 0.3) is 0 Å². The molecule has 2 rings (SSSR count). The SMILES string of the molecule is CN(C)c1ccc(NCc2cn(C)nc2C(C)(C)C)cn1. The summed E-state index contributed by atoms with van der Waals surface area (Å²) in [5.41, 5.74) is 3.42. The van der Waals surface area contributed by atoms with Crippen LogP contribution in [0.5, 0.6) is 0 Å². The number of anilines is 2. The van der Waals surface area contributed by atoms with E-state index < -0.39 is 0 Å². The Bertz CT molecular complexity index is 590. The molecule has 21 heavy (non-hydrogen) atoms. The Morgan fingerprint density at radius 2 is 1.95 bits per heavy atom. The van der Waals surface area contributed by atoms with E-state index in [9.17, 15) is 0 Å². The van der Waals surface area contributed by atoms with Gasteiger partial charge >= 0.3 is 0 Å². The van der Waals surface area contributed by atoms with Crippen LogP contribution >= 0.6 is 0 Å². The van der Waals surface area contributed by atoms with Crippen LogP contribution in [0.1, 0.15) is 32.0 Å². The second kappa shape index (κ2) is 5.76. The third-order valence-corrected chi connectivity index (χ3v) is 3.30. The molecule has 0 saturated heterocycles. The fourth-order valence-corrected chi connectivity index (χ4v) is 2.25. The molecule has 0 fully saturated rings. The zero-order chi connectivity index (χ0) is 15.6. The van der Waals surface area contributed by atoms with Crippen molar-refractivity contribution in [3.05, 3.63) is 35.8 Å². The van der Waals surface area contributed by atoms with Crippen LogP contribution < -0.4 is 10.2 Å². The number of nitrogens with zero attached hydrogens (tertiary/aromatic N) is 4. The number of hydrogen-bond acceptors (Lipinski definition) is 4. The molecule has 0 aliphatic heterocycles. The summed E-state index contributed by atoms with van der Waals surface area (Å²) in [4.78, 5) is 6.40. The zero-order valence-electron chi connectivity index (χ0n) is 13.8. The van der Waals surface area contributed by atoms with E-state index in [-0.39, 0.29) is 5.41 Å². The number of aryl methyl sites for hydroxylation is 1. The lowest BCUT2D eigenvalue weighted by Crippen LogP contribution is -2.16. The van der Waals surface area contributed by atoms with E-state index in [0.717, 1.165) is 23.7 Å². The van der Waals surface area contributed by atoms with Gasteiger partial charge in [0.1, 0.15) is 5.82 Å². The van der Waals surface area contributed by atoms with Crippen LogP contribution in [0.4, 0.5) is 11.5 Å². The van der Waals surface area contributed by atoms with Crippen molar-refractivity contribution < 1.29 is 0 Å². The molecular weight excluding hydrogens is 262 g/mol. The number of nitrogens with one attached hydrogen (secondary N) is 1. The zero-order valence-corrected chi connectivity index (χ0v) is 13.8. The van der Waals surface area contributed by atoms with Gasteiger partial charge in [-0.3, -0.25) is 4.68 Å². The van der Waals surface area contributed by atoms with Crippen molar-refractivity contribution in [2.24, 2.45) is 7.05 Å². The van der Waals surface area contributed by atoms with Crippen molar-refractivity contribution in [1.82, 2.24) is 14.8 Å². The fraction of sp³-hybridized carbons (Fsp3) is 0.500. The summed E-state index contributed by atoms with van der Waals surface area (Å²) in [5, 5.41) is 8.00. The van der Waals surface area contributed by atoms with Gasteiger partial charge < -0.3 is 10.2 Å². The van der Waals surface area contributed by atoms with E-state index in [1.807, 2.05) is 43.0 Å². The normalized spacial score (nSPS) is 11.5. The van der Waals surface area contributed by atoms with Gasteiger partial charge in [-0.2, -0.15) is 5.10 Å². The summed E-state index contributed by atoms with van der Waals surface area (Å²) < 4.78 is 1.88. The van der Waals surface area contributed by atoms with Crippen molar-refractivity contribution in [3.63, 3.8) is 0 Å². The molecule has 0 aliphatic carbocycles. The molecule has 2 aromatic rings. The molecule has 1 N–H and O–H groups in total. The Labute approximate surface area is 127 Å². The number of pyridine rings is 1. The summed E-state index contributed by atoms with van der Waals surface area (Å²) >= 11 is 0. The molecular formula is C16H25N5. The van der Waals surface area contributed by atoms with Gasteiger partial charge in [0, 0.05) is 44.9 Å². The van der Waals surface area contributed by atoms with Crippen LogP contribution in [0, 0.1) is 0 Å². The highest BCUT2D eigenvalue weighted by molar-refractivity contribution is 5.48. The Hall–Kier alpha value is -2.04. The number of rotatable bonds is 4. The van der Waals surface area contributed by atoms with Crippen molar-refractivity contribution in [2.75, 3.05) is 24.3 Å². The van der Waals surface area contributed by atoms with E-state index in [0.29, 0.717) is 0 Å². The number of hydrogen-bond donors (Lipinski definition) is 1. The van der Waals surface area contributed by atoms with Crippen molar-refractivity contribution in [2.45, 2.75) is 32.7 Å². The van der Waals surface area contributed by atoms with Gasteiger partial charge in [0.05, 0.1) is 17.6 Å². The van der Waals surface area contributed by atoms with Crippen molar-refractivity contribution in [3.8, 4) is 0 Å². The van der Waals surface area contributed by atoms with Gasteiger partial charge in [0.2, 0.25) is 0 Å². The highest BCUT2D eigenvalue weighted by Gasteiger charge is 2.21. The predicted molar refractivity (Wildman–Crippen MR) is 87.8 cm³/mol. The predicted octanol–water partition coefficient (Wildman–Crippen LogP) is 2.79. The summed E-state index contributed by atoms with van der Waals surface area (Å²) in [6.07, 6.45) is 3.94. The molecule has 0 aliphatic rings. The highest BCUT2D eigenvalue weighted by Crippen LogP contribution is 2.24. The summed E-state index contributed by atoms with van der Waals surface area (Å²) in [5.74, 6) is 0.956. The third-order valence-electron chi connectivity index (χ3n) is 3.30. The lowest BCUT2D eigenvalue weighted by molar-refractivity contribution is 0.549. The first-order valence-corrected chi connectivity index (χ1v) is 7.17. The van der Waals surface area contributed by atoms with Crippen LogP contribution in [0.3, 0.4) is 0 Å². The summed E-state index contributed by atoms with van der Waals surface area (Å²) in [7, 11) is 5.94. The molecule has 0 aromatic carbocycles. The monoisotopic (exact) mass is 287 g/mol. The van der Waals surface area contributed by atoms with E-state index in [1.165, 1.54) is 5.56 Å². The largest absolute Gasteiger partial charge is 0.380 e. The quantitative estimate of drug-likeness (QED) is 0.939. The van der Waals surface area contributed by atoms with Gasteiger partial charge in [-0.15, -0.1) is 0 Å². The fourth-order valence-electron chi connectivity index (χ4n) is 2.25. The Morgan fingerprint density at radius 3 is 2.48 bits per heavy atom. The smallest absolute Gasteiger partial charge is 0.128 e. The highest BCUT2D eigenvalue weighted by atomic mass is 15.3. The molecule has 0 atom stereocenters. The van der Waals surface area contributed by atoms with Gasteiger partial charge in [-0.05, 0) is 12.1 Å². The molecule has 0 amide bonds. The maximum Gasteiger partial charge on any atom is 0.128 e. The summed E-state index contributed by atoms with van der Waals surface area (Å²) in [6, 6.07) is 4.06. The van der Waals surface area contributed by atoms with Crippen LogP contribution in [-0.4, -0.2) is 28.9 Å². The molecule has 5 nitrogen and oxygen atoms in total. The van der Waals surface area contributed by atoms with Crippen molar-refractivity contribution in [1.29, 1.82) is 0 Å². The first kappa shape index (κ1) is 15.4. The first-order valence-electron chi connectivity index (χ1n) is 7.17. The lowest BCUT2D eigenvalue weighted by atomic mass is 9.89. The molecule has 2 aromatic heterocycles. The first-order chi connectivity index (χ1) is 9.77. The second-order valence-electron chi connectivity index (χ2n) is 6.58. The molecule has 0 bridgehead atoms. The van der Waals surface area contributed by atoms with Crippen LogP contribution in [0.25, 0.3) is 0 Å². The third kappa shape index (κ3) is 3.74. The average Bonchev–Trinajstić information content (AvgIpc) is 2.78. The van der Waals surface area contributed by atoms with Crippen LogP contribution in [0.15, 0.2) is 24.5 Å². The van der Waals surface area contributed by atoms with Gasteiger partial charge in [-0.1, -0.05) is 20.8 Å². The van der Waals surface area contributed by atoms with E-state index in [4.69, 9.17) is 0 Å². The topological polar surface area (TPSA) is 46.0 Å². The maximum absolute atomic E-state index is 4.59. The minimum atomic E-state index is 0.0469. The molecule has 0 unspecified atom stereocenters. The van der Waals surface area contributed by atoms with E-state index >= 15 is 0 Å². The standard InChI is InChI=1S/C16H25N5/c1-16(2,3)15-12(11-21(6)19-15)9-17-13-7-8-14(18-10-13)20(4)5/h7-8,10-11,17H,9H2,1-6H3. The van der Waals surface area contributed by atoms with E-state index in [2.05, 4.69) is 48.4 Å². The van der Waals surface area contributed by atoms with Crippen molar-refractivity contribution >= 4 is 11.5 Å². The Morgan fingerprint density at radius 1 is 1.24 bits per heavy atom. The number of aromatic nitrogens is 3.